The van der Waals surface area contributed by atoms with Gasteiger partial charge < -0.3 is 9.47 Å². The monoisotopic (exact) mass is 704 g/mol. The highest BCUT2D eigenvalue weighted by atomic mass is 15.1. The summed E-state index contributed by atoms with van der Waals surface area (Å²) in [6.45, 7) is 4.75. The molecule has 10 rings (SSSR count). The summed E-state index contributed by atoms with van der Waals surface area (Å²) in [5, 5.41) is 1.31. The molecule has 1 aliphatic carbocycles. The third kappa shape index (κ3) is 5.57. The maximum Gasteiger partial charge on any atom is 0.0584 e. The van der Waals surface area contributed by atoms with Crippen LogP contribution in [0.15, 0.2) is 206 Å². The summed E-state index contributed by atoms with van der Waals surface area (Å²) < 4.78 is 2.47. The van der Waals surface area contributed by atoms with Gasteiger partial charge in [0.2, 0.25) is 0 Å². The average molecular weight is 705 g/mol. The zero-order chi connectivity index (χ0) is 36.9. The molecule has 0 unspecified atom stereocenters. The van der Waals surface area contributed by atoms with Gasteiger partial charge in [0, 0.05) is 39.1 Å². The molecule has 2 nitrogen and oxygen atoms in total. The van der Waals surface area contributed by atoms with Crippen LogP contribution in [-0.4, -0.2) is 4.57 Å². The number of hydrogen-bond acceptors (Lipinski definition) is 1. The molecule has 0 spiro atoms. The van der Waals surface area contributed by atoms with Crippen molar-refractivity contribution in [3.8, 4) is 50.3 Å². The third-order valence-electron chi connectivity index (χ3n) is 11.4. The molecule has 262 valence electrons. The van der Waals surface area contributed by atoms with Crippen molar-refractivity contribution < 1.29 is 0 Å². The zero-order valence-electron chi connectivity index (χ0n) is 31.0. The first-order valence-electron chi connectivity index (χ1n) is 19.1. The predicted octanol–water partition coefficient (Wildman–Crippen LogP) is 14.4. The highest BCUT2D eigenvalue weighted by Crippen LogP contribution is 2.54. The van der Waals surface area contributed by atoms with Crippen molar-refractivity contribution in [1.82, 2.24) is 4.57 Å². The molecule has 0 saturated carbocycles. The van der Waals surface area contributed by atoms with Crippen LogP contribution >= 0.6 is 0 Å². The molecule has 2 heteroatoms. The number of benzene rings is 8. The molecule has 1 aromatic heterocycles. The maximum atomic E-state index is 2.47. The van der Waals surface area contributed by atoms with E-state index in [0.717, 1.165) is 17.1 Å². The third-order valence-corrected chi connectivity index (χ3v) is 11.4. The van der Waals surface area contributed by atoms with Crippen LogP contribution in [0.2, 0.25) is 0 Å². The molecule has 0 N–H and O–H groups in total. The first-order chi connectivity index (χ1) is 27.0. The minimum absolute atomic E-state index is 0.121. The molecule has 8 aromatic carbocycles. The van der Waals surface area contributed by atoms with Gasteiger partial charge in [-0.3, -0.25) is 0 Å². The van der Waals surface area contributed by atoms with Gasteiger partial charge >= 0.3 is 0 Å². The lowest BCUT2D eigenvalue weighted by Crippen LogP contribution is -2.14. The molecule has 0 aliphatic heterocycles. The smallest absolute Gasteiger partial charge is 0.0584 e. The molecule has 0 saturated heterocycles. The van der Waals surface area contributed by atoms with Crippen molar-refractivity contribution in [1.29, 1.82) is 0 Å². The number of fused-ring (bicyclic) bond motifs is 5. The normalized spacial score (nSPS) is 12.7. The highest BCUT2D eigenvalue weighted by molar-refractivity contribution is 6.01. The quantitative estimate of drug-likeness (QED) is 0.160. The second-order valence-electron chi connectivity index (χ2n) is 15.0. The largest absolute Gasteiger partial charge is 0.311 e. The predicted molar refractivity (Wildman–Crippen MR) is 232 cm³/mol. The minimum atomic E-state index is -0.121. The van der Waals surface area contributed by atoms with Gasteiger partial charge in [-0.2, -0.15) is 0 Å². The second kappa shape index (κ2) is 13.2. The van der Waals surface area contributed by atoms with Crippen molar-refractivity contribution in [2.75, 3.05) is 4.90 Å². The molecule has 55 heavy (non-hydrogen) atoms. The first kappa shape index (κ1) is 32.7. The van der Waals surface area contributed by atoms with E-state index in [4.69, 9.17) is 0 Å². The van der Waals surface area contributed by atoms with E-state index in [2.05, 4.69) is 230 Å². The number of aromatic nitrogens is 1. The molecule has 0 bridgehead atoms. The van der Waals surface area contributed by atoms with Crippen LogP contribution < -0.4 is 4.90 Å². The minimum Gasteiger partial charge on any atom is -0.311 e. The lowest BCUT2D eigenvalue weighted by molar-refractivity contribution is 0.666. The molecular formula is C53H40N2. The van der Waals surface area contributed by atoms with Crippen LogP contribution in [-0.2, 0) is 5.41 Å². The molecule has 0 radical (unpaired) electrons. The molecule has 1 heterocycles. The molecule has 0 amide bonds. The lowest BCUT2D eigenvalue weighted by atomic mass is 9.81. The highest BCUT2D eigenvalue weighted by Gasteiger charge is 2.40. The topological polar surface area (TPSA) is 8.17 Å². The average Bonchev–Trinajstić information content (AvgIpc) is 3.72. The van der Waals surface area contributed by atoms with Gasteiger partial charge in [-0.1, -0.05) is 159 Å². The molecular weight excluding hydrogens is 665 g/mol. The van der Waals surface area contributed by atoms with E-state index >= 15 is 0 Å². The van der Waals surface area contributed by atoms with Gasteiger partial charge in [-0.05, 0) is 105 Å². The van der Waals surface area contributed by atoms with E-state index in [1.165, 1.54) is 72.4 Å². The van der Waals surface area contributed by atoms with Gasteiger partial charge in [0.25, 0.3) is 0 Å². The van der Waals surface area contributed by atoms with Crippen LogP contribution in [0.3, 0.4) is 0 Å². The summed E-state index contributed by atoms with van der Waals surface area (Å²) in [5.41, 5.74) is 18.3. The maximum absolute atomic E-state index is 2.47. The van der Waals surface area contributed by atoms with Gasteiger partial charge in [0.15, 0.2) is 0 Å². The van der Waals surface area contributed by atoms with Gasteiger partial charge in [0.05, 0.1) is 11.2 Å². The van der Waals surface area contributed by atoms with Crippen molar-refractivity contribution >= 4 is 28.0 Å². The Kier molecular flexibility index (Phi) is 7.85. The Morgan fingerprint density at radius 3 is 1.44 bits per heavy atom. The van der Waals surface area contributed by atoms with Crippen LogP contribution in [0, 0.1) is 0 Å². The van der Waals surface area contributed by atoms with E-state index in [1.54, 1.807) is 0 Å². The summed E-state index contributed by atoms with van der Waals surface area (Å²) in [5.74, 6) is 0. The Bertz CT molecular complexity index is 2780. The Labute approximate surface area is 323 Å². The van der Waals surface area contributed by atoms with Gasteiger partial charge in [0.1, 0.15) is 0 Å². The van der Waals surface area contributed by atoms with E-state index in [0.29, 0.717) is 0 Å². The fraction of sp³-hybridized carbons (Fsp3) is 0.0566. The van der Waals surface area contributed by atoms with E-state index < -0.39 is 0 Å². The number of hydrogen-bond donors (Lipinski definition) is 0. The van der Waals surface area contributed by atoms with Gasteiger partial charge in [-0.25, -0.2) is 0 Å². The number of anilines is 3. The molecule has 0 atom stereocenters. The van der Waals surface area contributed by atoms with Crippen molar-refractivity contribution in [3.63, 3.8) is 0 Å². The van der Waals surface area contributed by atoms with E-state index in [9.17, 15) is 0 Å². The standard InChI is InChI=1S/C53H40N2/c1-53(2)49-21-13-12-20-47(49)52-51(53)48-36-42(30-35-50(48)55(52)44-18-10-5-11-19-44)41-28-33-46(34-29-41)54(43-16-8-4-9-17-43)45-31-26-40(27-32-45)39-24-22-38(23-25-39)37-14-6-3-7-15-37/h3-36H,1-2H3. The Morgan fingerprint density at radius 2 is 0.836 bits per heavy atom. The summed E-state index contributed by atoms with van der Waals surface area (Å²) in [7, 11) is 0. The summed E-state index contributed by atoms with van der Waals surface area (Å²) in [6, 6.07) is 74.7. The number of para-hydroxylation sites is 2. The fourth-order valence-corrected chi connectivity index (χ4v) is 8.69. The van der Waals surface area contributed by atoms with Crippen LogP contribution in [0.1, 0.15) is 25.0 Å². The number of nitrogens with zero attached hydrogens (tertiary/aromatic N) is 2. The number of rotatable bonds is 7. The van der Waals surface area contributed by atoms with E-state index in [-0.39, 0.29) is 5.41 Å². The van der Waals surface area contributed by atoms with Crippen molar-refractivity contribution in [2.45, 2.75) is 19.3 Å². The SMILES string of the molecule is CC1(C)c2ccccc2-c2c1c1cc(-c3ccc(N(c4ccccc4)c4ccc(-c5ccc(-c6ccccc6)cc5)cc4)cc3)ccc1n2-c1ccccc1. The van der Waals surface area contributed by atoms with Crippen LogP contribution in [0.4, 0.5) is 17.1 Å². The Hall–Kier alpha value is -6.90. The second-order valence-corrected chi connectivity index (χ2v) is 15.0. The van der Waals surface area contributed by atoms with E-state index in [1.807, 2.05) is 0 Å². The van der Waals surface area contributed by atoms with Crippen molar-refractivity contribution in [2.24, 2.45) is 0 Å². The van der Waals surface area contributed by atoms with Gasteiger partial charge in [-0.15, -0.1) is 0 Å². The summed E-state index contributed by atoms with van der Waals surface area (Å²) in [6.07, 6.45) is 0. The molecule has 0 fully saturated rings. The van der Waals surface area contributed by atoms with Crippen LogP contribution in [0.25, 0.3) is 61.2 Å². The molecule has 9 aromatic rings. The summed E-state index contributed by atoms with van der Waals surface area (Å²) in [4.78, 5) is 2.34. The Balaban J connectivity index is 1.01. The van der Waals surface area contributed by atoms with Crippen LogP contribution in [0.5, 0.6) is 0 Å². The molecule has 1 aliphatic rings. The fourth-order valence-electron chi connectivity index (χ4n) is 8.69. The van der Waals surface area contributed by atoms with Crippen molar-refractivity contribution in [3.05, 3.63) is 217 Å². The Morgan fingerprint density at radius 1 is 0.400 bits per heavy atom. The lowest BCUT2D eigenvalue weighted by Gasteiger charge is -2.26. The zero-order valence-corrected chi connectivity index (χ0v) is 31.0. The summed E-state index contributed by atoms with van der Waals surface area (Å²) >= 11 is 0. The first-order valence-corrected chi connectivity index (χ1v) is 19.1.